The van der Waals surface area contributed by atoms with E-state index in [4.69, 9.17) is 15.5 Å². The van der Waals surface area contributed by atoms with Crippen molar-refractivity contribution in [3.63, 3.8) is 0 Å². The normalized spacial score (nSPS) is 12.9. The molecule has 2 unspecified atom stereocenters. The van der Waals surface area contributed by atoms with Gasteiger partial charge in [0.2, 0.25) is 0 Å². The summed E-state index contributed by atoms with van der Waals surface area (Å²) in [5.41, 5.74) is 0.877. The van der Waals surface area contributed by atoms with E-state index in [1.165, 1.54) is 0 Å². The van der Waals surface area contributed by atoms with E-state index in [0.29, 0.717) is 12.3 Å². The van der Waals surface area contributed by atoms with Crippen molar-refractivity contribution >= 4 is 29.4 Å². The number of carboxylic acids is 2. The summed E-state index contributed by atoms with van der Waals surface area (Å²) in [6.07, 6.45) is -0.418. The molecule has 2 N–H and O–H groups in total. The zero-order valence-electron chi connectivity index (χ0n) is 12.2. The van der Waals surface area contributed by atoms with Gasteiger partial charge in [-0.2, -0.15) is 5.26 Å². The molecule has 0 bridgehead atoms. The summed E-state index contributed by atoms with van der Waals surface area (Å²) in [6, 6.07) is 11.2. The third-order valence-corrected chi connectivity index (χ3v) is 4.22. The van der Waals surface area contributed by atoms with Crippen molar-refractivity contribution in [2.75, 3.05) is 17.2 Å². The van der Waals surface area contributed by atoms with Crippen molar-refractivity contribution in [1.29, 1.82) is 5.26 Å². The van der Waals surface area contributed by atoms with Crippen LogP contribution in [0.4, 0.5) is 5.69 Å². The van der Waals surface area contributed by atoms with Crippen molar-refractivity contribution in [1.82, 2.24) is 0 Å². The van der Waals surface area contributed by atoms with Gasteiger partial charge in [-0.15, -0.1) is 11.8 Å². The average Bonchev–Trinajstić information content (AvgIpc) is 2.50. The number of hydrogen-bond donors (Lipinski definition) is 2. The Bertz CT molecular complexity index is 544. The Balaban J connectivity index is 2.66. The summed E-state index contributed by atoms with van der Waals surface area (Å²) in [6.45, 7) is 2.23. The van der Waals surface area contributed by atoms with E-state index in [9.17, 15) is 9.59 Å². The van der Waals surface area contributed by atoms with E-state index >= 15 is 0 Å². The molecule has 0 aliphatic carbocycles. The maximum absolute atomic E-state index is 11.0. The Morgan fingerprint density at radius 1 is 1.32 bits per heavy atom. The molecule has 7 heteroatoms. The van der Waals surface area contributed by atoms with Gasteiger partial charge >= 0.3 is 11.9 Å². The van der Waals surface area contributed by atoms with E-state index in [-0.39, 0.29) is 6.04 Å². The fraction of sp³-hybridized carbons (Fsp3) is 0.400. The predicted octanol–water partition coefficient (Wildman–Crippen LogP) is 2.07. The van der Waals surface area contributed by atoms with Gasteiger partial charge in [0.1, 0.15) is 11.3 Å². The SMILES string of the molecule is CC(C#N)N(CCSC(CC(=O)O)C(=O)O)c1ccccc1. The van der Waals surface area contributed by atoms with E-state index < -0.39 is 23.6 Å². The van der Waals surface area contributed by atoms with Crippen molar-refractivity contribution < 1.29 is 19.8 Å². The summed E-state index contributed by atoms with van der Waals surface area (Å²) in [7, 11) is 0. The molecule has 0 saturated heterocycles. The lowest BCUT2D eigenvalue weighted by atomic mass is 10.2. The molecule has 0 aliphatic rings. The largest absolute Gasteiger partial charge is 0.481 e. The molecule has 6 nitrogen and oxygen atoms in total. The standard InChI is InChI=1S/C15H18N2O4S/c1-11(10-16)17(12-5-3-2-4-6-12)7-8-22-13(15(20)21)9-14(18)19/h2-6,11,13H,7-9H2,1H3,(H,18,19)(H,20,21). The Labute approximate surface area is 133 Å². The quantitative estimate of drug-likeness (QED) is 0.717. The number of anilines is 1. The van der Waals surface area contributed by atoms with Gasteiger partial charge in [-0.05, 0) is 19.1 Å². The molecule has 0 radical (unpaired) electrons. The zero-order chi connectivity index (χ0) is 16.5. The number of thioether (sulfide) groups is 1. The molecule has 2 atom stereocenters. The van der Waals surface area contributed by atoms with Crippen LogP contribution in [0.5, 0.6) is 0 Å². The topological polar surface area (TPSA) is 102 Å². The minimum atomic E-state index is -1.13. The number of nitrogens with zero attached hydrogens (tertiary/aromatic N) is 2. The van der Waals surface area contributed by atoms with Crippen LogP contribution in [0.1, 0.15) is 13.3 Å². The fourth-order valence-electron chi connectivity index (χ4n) is 1.90. The number of rotatable bonds is 9. The van der Waals surface area contributed by atoms with Crippen molar-refractivity contribution in [3.8, 4) is 6.07 Å². The summed E-state index contributed by atoms with van der Waals surface area (Å²) < 4.78 is 0. The number of benzene rings is 1. The lowest BCUT2D eigenvalue weighted by Gasteiger charge is -2.27. The first-order valence-electron chi connectivity index (χ1n) is 6.73. The van der Waals surface area contributed by atoms with Gasteiger partial charge in [-0.3, -0.25) is 9.59 Å². The molecule has 0 aromatic heterocycles. The van der Waals surface area contributed by atoms with Crippen molar-refractivity contribution in [3.05, 3.63) is 30.3 Å². The van der Waals surface area contributed by atoms with Gasteiger partial charge in [0.05, 0.1) is 12.5 Å². The Morgan fingerprint density at radius 2 is 1.95 bits per heavy atom. The van der Waals surface area contributed by atoms with Crippen LogP contribution >= 0.6 is 11.8 Å². The zero-order valence-corrected chi connectivity index (χ0v) is 13.0. The van der Waals surface area contributed by atoms with E-state index in [0.717, 1.165) is 17.4 Å². The highest BCUT2D eigenvalue weighted by atomic mass is 32.2. The Kier molecular flexibility index (Phi) is 7.26. The summed E-state index contributed by atoms with van der Waals surface area (Å²) in [5.74, 6) is -1.84. The highest BCUT2D eigenvalue weighted by molar-refractivity contribution is 8.00. The highest BCUT2D eigenvalue weighted by Crippen LogP contribution is 2.20. The number of hydrogen-bond acceptors (Lipinski definition) is 5. The van der Waals surface area contributed by atoms with Crippen LogP contribution in [0.3, 0.4) is 0 Å². The number of carboxylic acid groups (broad SMARTS) is 2. The summed E-state index contributed by atoms with van der Waals surface area (Å²) in [4.78, 5) is 23.5. The average molecular weight is 322 g/mol. The summed E-state index contributed by atoms with van der Waals surface area (Å²) in [5, 5.41) is 25.9. The molecule has 1 aromatic carbocycles. The van der Waals surface area contributed by atoms with Crippen LogP contribution < -0.4 is 4.90 Å². The fourth-order valence-corrected chi connectivity index (χ4v) is 2.89. The number of nitriles is 1. The lowest BCUT2D eigenvalue weighted by Crippen LogP contribution is -2.34. The highest BCUT2D eigenvalue weighted by Gasteiger charge is 2.22. The van der Waals surface area contributed by atoms with Gasteiger partial charge in [0.15, 0.2) is 0 Å². The first kappa shape index (κ1) is 17.9. The molecule has 22 heavy (non-hydrogen) atoms. The Morgan fingerprint density at radius 3 is 2.45 bits per heavy atom. The second-order valence-corrected chi connectivity index (χ2v) is 5.94. The lowest BCUT2D eigenvalue weighted by molar-refractivity contribution is -0.142. The Hall–Kier alpha value is -2.20. The van der Waals surface area contributed by atoms with E-state index in [1.54, 1.807) is 6.92 Å². The molecule has 118 valence electrons. The second kappa shape index (κ2) is 8.95. The monoisotopic (exact) mass is 322 g/mol. The third-order valence-electron chi connectivity index (χ3n) is 3.03. The molecule has 0 heterocycles. The molecular weight excluding hydrogens is 304 g/mol. The van der Waals surface area contributed by atoms with Crippen LogP contribution in [-0.4, -0.2) is 45.7 Å². The molecular formula is C15H18N2O4S. The maximum Gasteiger partial charge on any atom is 0.317 e. The third kappa shape index (κ3) is 5.66. The van der Waals surface area contributed by atoms with E-state index in [2.05, 4.69) is 6.07 Å². The molecule has 1 rings (SSSR count). The molecule has 1 aromatic rings. The van der Waals surface area contributed by atoms with Gasteiger partial charge in [-0.1, -0.05) is 18.2 Å². The van der Waals surface area contributed by atoms with E-state index in [1.807, 2.05) is 35.2 Å². The van der Waals surface area contributed by atoms with Crippen LogP contribution in [0.25, 0.3) is 0 Å². The maximum atomic E-state index is 11.0. The first-order valence-corrected chi connectivity index (χ1v) is 7.78. The second-order valence-electron chi connectivity index (χ2n) is 4.63. The minimum absolute atomic E-state index is 0.356. The van der Waals surface area contributed by atoms with Crippen LogP contribution in [0, 0.1) is 11.3 Å². The first-order chi connectivity index (χ1) is 10.5. The number of carbonyl (C=O) groups is 2. The minimum Gasteiger partial charge on any atom is -0.481 e. The molecule has 0 fully saturated rings. The van der Waals surface area contributed by atoms with Crippen molar-refractivity contribution in [2.24, 2.45) is 0 Å². The van der Waals surface area contributed by atoms with Gasteiger partial charge in [0.25, 0.3) is 0 Å². The number of aliphatic carboxylic acids is 2. The van der Waals surface area contributed by atoms with Gasteiger partial charge in [-0.25, -0.2) is 0 Å². The molecule has 0 spiro atoms. The van der Waals surface area contributed by atoms with Crippen LogP contribution in [-0.2, 0) is 9.59 Å². The molecule has 0 amide bonds. The van der Waals surface area contributed by atoms with Crippen molar-refractivity contribution in [2.45, 2.75) is 24.6 Å². The van der Waals surface area contributed by atoms with Gasteiger partial charge in [0, 0.05) is 18.0 Å². The number of para-hydroxylation sites is 1. The molecule has 0 saturated carbocycles. The summed E-state index contributed by atoms with van der Waals surface area (Å²) >= 11 is 1.08. The molecule has 0 aliphatic heterocycles. The van der Waals surface area contributed by atoms with Crippen LogP contribution in [0.15, 0.2) is 30.3 Å². The van der Waals surface area contributed by atoms with Crippen LogP contribution in [0.2, 0.25) is 0 Å². The smallest absolute Gasteiger partial charge is 0.317 e. The predicted molar refractivity (Wildman–Crippen MR) is 85.0 cm³/mol. The van der Waals surface area contributed by atoms with Gasteiger partial charge < -0.3 is 15.1 Å².